The number of nitrogens with one attached hydrogen (secondary N) is 3. The van der Waals surface area contributed by atoms with E-state index in [1.165, 1.54) is 6.21 Å². The highest BCUT2D eigenvalue weighted by Crippen LogP contribution is 2.25. The highest BCUT2D eigenvalue weighted by Gasteiger charge is 2.13. The van der Waals surface area contributed by atoms with Crippen molar-refractivity contribution in [2.24, 2.45) is 5.10 Å². The summed E-state index contributed by atoms with van der Waals surface area (Å²) in [6.45, 7) is 2.49. The van der Waals surface area contributed by atoms with E-state index in [2.05, 4.69) is 28.1 Å². The number of rotatable bonds is 11. The lowest BCUT2D eigenvalue weighted by molar-refractivity contribution is -0.136. The molecule has 0 spiro atoms. The Morgan fingerprint density at radius 1 is 0.816 bits per heavy atom. The first-order chi connectivity index (χ1) is 18.3. The Labute approximate surface area is 230 Å². The summed E-state index contributed by atoms with van der Waals surface area (Å²) in [5.41, 5.74) is 3.77. The third kappa shape index (κ3) is 9.42. The molecule has 0 atom stereocenters. The van der Waals surface area contributed by atoms with Crippen LogP contribution in [0.3, 0.4) is 0 Å². The monoisotopic (exact) mass is 556 g/mol. The zero-order chi connectivity index (χ0) is 27.3. The van der Waals surface area contributed by atoms with Crippen molar-refractivity contribution in [2.45, 2.75) is 19.8 Å². The smallest absolute Gasteiger partial charge is 0.329 e. The number of benzene rings is 3. The first-order valence-electron chi connectivity index (χ1n) is 11.7. The van der Waals surface area contributed by atoms with Gasteiger partial charge in [-0.25, -0.2) is 5.43 Å². The molecule has 11 heteroatoms. The number of nitrogens with zero attached hydrogens (tertiary/aromatic N) is 1. The van der Waals surface area contributed by atoms with Gasteiger partial charge in [-0.2, -0.15) is 5.10 Å². The Morgan fingerprint density at radius 3 is 2.16 bits per heavy atom. The molecular weight excluding hydrogens is 531 g/mol. The van der Waals surface area contributed by atoms with Gasteiger partial charge in [0.25, 0.3) is 5.91 Å². The molecule has 0 radical (unpaired) electrons. The molecule has 0 aromatic heterocycles. The lowest BCUT2D eigenvalue weighted by Crippen LogP contribution is -2.32. The molecule has 0 unspecified atom stereocenters. The first kappa shape index (κ1) is 28.5. The van der Waals surface area contributed by atoms with Crippen molar-refractivity contribution in [1.29, 1.82) is 0 Å². The van der Waals surface area contributed by atoms with Gasteiger partial charge in [0.2, 0.25) is 0 Å². The van der Waals surface area contributed by atoms with Crippen molar-refractivity contribution in [3.05, 3.63) is 82.3 Å². The standard InChI is InChI=1S/C27H26Cl2N4O5/c1-2-3-14-37-21-11-6-19(7-12-21)32-26(35)27(36)33-30-16-18-4-9-22(10-5-18)38-17-25(34)31-20-8-13-23(28)24(29)15-20/h4-13,15-16H,2-3,14,17H2,1H3,(H,31,34)(H,32,35)(H,33,36)/b30-16-. The molecule has 3 amide bonds. The van der Waals surface area contributed by atoms with Crippen LogP contribution in [0.4, 0.5) is 11.4 Å². The number of unbranched alkanes of at least 4 members (excludes halogenated alkanes) is 1. The summed E-state index contributed by atoms with van der Waals surface area (Å²) in [5.74, 6) is -1.00. The maximum atomic E-state index is 12.1. The maximum Gasteiger partial charge on any atom is 0.329 e. The van der Waals surface area contributed by atoms with Crippen LogP contribution < -0.4 is 25.5 Å². The number of hydrogen-bond acceptors (Lipinski definition) is 6. The first-order valence-corrected chi connectivity index (χ1v) is 12.4. The number of hydrazone groups is 1. The Kier molecular flexibility index (Phi) is 11.0. The second kappa shape index (κ2) is 14.6. The maximum absolute atomic E-state index is 12.1. The third-order valence-corrected chi connectivity index (χ3v) is 5.66. The fraction of sp³-hybridized carbons (Fsp3) is 0.185. The Bertz CT molecular complexity index is 1280. The fourth-order valence-corrected chi connectivity index (χ4v) is 3.24. The van der Waals surface area contributed by atoms with Crippen molar-refractivity contribution in [3.63, 3.8) is 0 Å². The highest BCUT2D eigenvalue weighted by atomic mass is 35.5. The summed E-state index contributed by atoms with van der Waals surface area (Å²) in [6.07, 6.45) is 3.36. The van der Waals surface area contributed by atoms with Gasteiger partial charge in [-0.15, -0.1) is 0 Å². The molecule has 0 aliphatic rings. The third-order valence-electron chi connectivity index (χ3n) is 4.92. The van der Waals surface area contributed by atoms with Crippen LogP contribution in [0.5, 0.6) is 11.5 Å². The van der Waals surface area contributed by atoms with E-state index in [1.807, 2.05) is 0 Å². The number of anilines is 2. The molecule has 0 heterocycles. The van der Waals surface area contributed by atoms with Crippen LogP contribution in [0.2, 0.25) is 10.0 Å². The minimum absolute atomic E-state index is 0.215. The molecule has 3 aromatic carbocycles. The second-order valence-electron chi connectivity index (χ2n) is 7.91. The van der Waals surface area contributed by atoms with Gasteiger partial charge in [-0.05, 0) is 78.7 Å². The van der Waals surface area contributed by atoms with Gasteiger partial charge in [0.1, 0.15) is 11.5 Å². The molecule has 3 N–H and O–H groups in total. The quantitative estimate of drug-likeness (QED) is 0.128. The van der Waals surface area contributed by atoms with E-state index in [0.717, 1.165) is 12.8 Å². The molecule has 0 aliphatic heterocycles. The van der Waals surface area contributed by atoms with Crippen molar-refractivity contribution in [1.82, 2.24) is 5.43 Å². The number of amides is 3. The predicted octanol–water partition coefficient (Wildman–Crippen LogP) is 5.28. The van der Waals surface area contributed by atoms with Crippen molar-refractivity contribution in [3.8, 4) is 11.5 Å². The van der Waals surface area contributed by atoms with Crippen LogP contribution in [-0.2, 0) is 14.4 Å². The van der Waals surface area contributed by atoms with E-state index in [9.17, 15) is 14.4 Å². The SMILES string of the molecule is CCCCOc1ccc(NC(=O)C(=O)N/N=C\c2ccc(OCC(=O)Nc3ccc(Cl)c(Cl)c3)cc2)cc1. The molecule has 0 aliphatic carbocycles. The van der Waals surface area contributed by atoms with Crippen LogP contribution >= 0.6 is 23.2 Å². The largest absolute Gasteiger partial charge is 0.494 e. The van der Waals surface area contributed by atoms with Gasteiger partial charge in [-0.1, -0.05) is 36.5 Å². The van der Waals surface area contributed by atoms with E-state index < -0.39 is 11.8 Å². The number of ether oxygens (including phenoxy) is 2. The minimum atomic E-state index is -0.919. The normalized spacial score (nSPS) is 10.6. The van der Waals surface area contributed by atoms with Crippen LogP contribution in [0.1, 0.15) is 25.3 Å². The molecule has 3 rings (SSSR count). The Hall–Kier alpha value is -4.08. The fourth-order valence-electron chi connectivity index (χ4n) is 2.94. The highest BCUT2D eigenvalue weighted by molar-refractivity contribution is 6.42. The lowest BCUT2D eigenvalue weighted by atomic mass is 10.2. The molecule has 0 saturated heterocycles. The number of halogens is 2. The zero-order valence-corrected chi connectivity index (χ0v) is 22.0. The minimum Gasteiger partial charge on any atom is -0.494 e. The molecule has 198 valence electrons. The Morgan fingerprint density at radius 2 is 1.47 bits per heavy atom. The average molecular weight is 557 g/mol. The molecule has 9 nitrogen and oxygen atoms in total. The van der Waals surface area contributed by atoms with Crippen LogP contribution in [0.15, 0.2) is 71.8 Å². The molecule has 0 fully saturated rings. The number of carbonyl (C=O) groups excluding carboxylic acids is 3. The number of carbonyl (C=O) groups is 3. The topological polar surface area (TPSA) is 118 Å². The van der Waals surface area contributed by atoms with E-state index in [1.54, 1.807) is 66.7 Å². The van der Waals surface area contributed by atoms with Gasteiger partial charge >= 0.3 is 11.8 Å². The molecular formula is C27H26Cl2N4O5. The van der Waals surface area contributed by atoms with Crippen LogP contribution in [0, 0.1) is 0 Å². The van der Waals surface area contributed by atoms with Gasteiger partial charge in [0, 0.05) is 11.4 Å². The average Bonchev–Trinajstić information content (AvgIpc) is 2.91. The molecule has 0 saturated carbocycles. The summed E-state index contributed by atoms with van der Waals surface area (Å²) >= 11 is 11.8. The molecule has 3 aromatic rings. The zero-order valence-electron chi connectivity index (χ0n) is 20.5. The number of hydrogen-bond donors (Lipinski definition) is 3. The van der Waals surface area contributed by atoms with Crippen LogP contribution in [-0.4, -0.2) is 37.1 Å². The van der Waals surface area contributed by atoms with E-state index in [4.69, 9.17) is 32.7 Å². The lowest BCUT2D eigenvalue weighted by Gasteiger charge is -2.08. The summed E-state index contributed by atoms with van der Waals surface area (Å²) in [7, 11) is 0. The Balaban J connectivity index is 1.40. The van der Waals surface area contributed by atoms with Gasteiger partial charge in [0.05, 0.1) is 22.9 Å². The van der Waals surface area contributed by atoms with Crippen molar-refractivity contribution < 1.29 is 23.9 Å². The van der Waals surface area contributed by atoms with E-state index in [-0.39, 0.29) is 12.5 Å². The van der Waals surface area contributed by atoms with Gasteiger partial charge < -0.3 is 20.1 Å². The summed E-state index contributed by atoms with van der Waals surface area (Å²) in [6, 6.07) is 18.1. The predicted molar refractivity (Wildman–Crippen MR) is 148 cm³/mol. The summed E-state index contributed by atoms with van der Waals surface area (Å²) in [5, 5.41) is 9.67. The van der Waals surface area contributed by atoms with E-state index >= 15 is 0 Å². The second-order valence-corrected chi connectivity index (χ2v) is 8.73. The molecule has 38 heavy (non-hydrogen) atoms. The summed E-state index contributed by atoms with van der Waals surface area (Å²) < 4.78 is 11.0. The van der Waals surface area contributed by atoms with E-state index in [0.29, 0.717) is 45.1 Å². The van der Waals surface area contributed by atoms with Crippen LogP contribution in [0.25, 0.3) is 0 Å². The molecule has 0 bridgehead atoms. The summed E-state index contributed by atoms with van der Waals surface area (Å²) in [4.78, 5) is 36.2. The van der Waals surface area contributed by atoms with Crippen molar-refractivity contribution >= 4 is 58.5 Å². The van der Waals surface area contributed by atoms with Gasteiger partial charge in [-0.3, -0.25) is 14.4 Å². The van der Waals surface area contributed by atoms with Crippen molar-refractivity contribution in [2.75, 3.05) is 23.8 Å². The van der Waals surface area contributed by atoms with Gasteiger partial charge in [0.15, 0.2) is 6.61 Å².